The third kappa shape index (κ3) is 4.22. The number of hydrogen-bond donors (Lipinski definition) is 0. The molecule has 5 nitrogen and oxygen atoms in total. The second kappa shape index (κ2) is 10.5. The summed E-state index contributed by atoms with van der Waals surface area (Å²) in [5, 5.41) is 6.56. The molecule has 0 fully saturated rings. The Morgan fingerprint density at radius 1 is 0.333 bits per heavy atom. The maximum absolute atomic E-state index is 6.53. The molecule has 5 heteroatoms. The molecule has 48 heavy (non-hydrogen) atoms. The third-order valence-electron chi connectivity index (χ3n) is 9.14. The Hall–Kier alpha value is -6.59. The second-order valence-corrected chi connectivity index (χ2v) is 12.0. The van der Waals surface area contributed by atoms with Crippen LogP contribution in [0.15, 0.2) is 160 Å². The summed E-state index contributed by atoms with van der Waals surface area (Å²) in [6, 6.07) is 51.7. The van der Waals surface area contributed by atoms with Crippen LogP contribution in [0.25, 0.3) is 99.9 Å². The zero-order valence-corrected chi connectivity index (χ0v) is 25.6. The Bertz CT molecular complexity index is 2840. The first kappa shape index (κ1) is 26.6. The fourth-order valence-electron chi connectivity index (χ4n) is 6.86. The summed E-state index contributed by atoms with van der Waals surface area (Å²) in [6.45, 7) is 0. The van der Waals surface area contributed by atoms with Crippen molar-refractivity contribution in [1.29, 1.82) is 0 Å². The Morgan fingerprint density at radius 2 is 0.917 bits per heavy atom. The molecule has 0 saturated carbocycles. The summed E-state index contributed by atoms with van der Waals surface area (Å²) in [5.74, 6) is 1.76. The molecule has 0 spiro atoms. The molecule has 0 bridgehead atoms. The maximum atomic E-state index is 6.53. The SMILES string of the molecule is c1ccc(-c2nc(-c3ccc4c(c3)oc3cc(-c5cccc6ccccc56)ccc34)nc(-c3cccc4oc5ccccc5c34)n2)cc1. The highest BCUT2D eigenvalue weighted by molar-refractivity contribution is 6.12. The second-order valence-electron chi connectivity index (χ2n) is 12.0. The van der Waals surface area contributed by atoms with Crippen molar-refractivity contribution >= 4 is 54.6 Å². The monoisotopic (exact) mass is 615 g/mol. The van der Waals surface area contributed by atoms with Gasteiger partial charge >= 0.3 is 0 Å². The van der Waals surface area contributed by atoms with Crippen LogP contribution in [0.1, 0.15) is 0 Å². The lowest BCUT2D eigenvalue weighted by atomic mass is 9.97. The zero-order valence-electron chi connectivity index (χ0n) is 25.6. The van der Waals surface area contributed by atoms with Gasteiger partial charge in [0.1, 0.15) is 22.3 Å². The van der Waals surface area contributed by atoms with E-state index < -0.39 is 0 Å². The Morgan fingerprint density at radius 3 is 1.77 bits per heavy atom. The zero-order chi connectivity index (χ0) is 31.6. The summed E-state index contributed by atoms with van der Waals surface area (Å²) >= 11 is 0. The van der Waals surface area contributed by atoms with Crippen molar-refractivity contribution in [2.75, 3.05) is 0 Å². The fraction of sp³-hybridized carbons (Fsp3) is 0. The first-order valence-corrected chi connectivity index (χ1v) is 15.9. The lowest BCUT2D eigenvalue weighted by molar-refractivity contribution is 0.668. The average Bonchev–Trinajstić information content (AvgIpc) is 3.72. The first-order chi connectivity index (χ1) is 23.8. The number of nitrogens with zero attached hydrogens (tertiary/aromatic N) is 3. The van der Waals surface area contributed by atoms with Crippen LogP contribution >= 0.6 is 0 Å². The van der Waals surface area contributed by atoms with Gasteiger partial charge in [-0.05, 0) is 58.3 Å². The van der Waals surface area contributed by atoms with Crippen molar-refractivity contribution in [2.45, 2.75) is 0 Å². The van der Waals surface area contributed by atoms with E-state index in [0.717, 1.165) is 66.1 Å². The topological polar surface area (TPSA) is 65.0 Å². The summed E-state index contributed by atoms with van der Waals surface area (Å²) in [5.41, 5.74) is 8.20. The molecule has 3 heterocycles. The molecule has 3 aromatic heterocycles. The quantitative estimate of drug-likeness (QED) is 0.197. The standard InChI is InChI=1S/C43H25N3O2/c1-2-11-27(12-3-1)41-44-42(46-43(45-41)35-17-9-19-37-40(35)34-15-6-7-18-36(34)47-37)29-21-23-33-32-22-20-28(24-38(32)48-39(33)25-29)31-16-8-13-26-10-4-5-14-30(26)31/h1-25H. The molecule has 0 atom stereocenters. The number of aromatic nitrogens is 3. The van der Waals surface area contributed by atoms with Gasteiger partial charge in [0.2, 0.25) is 0 Å². The molecule has 0 amide bonds. The van der Waals surface area contributed by atoms with Gasteiger partial charge in [0.15, 0.2) is 17.5 Å². The van der Waals surface area contributed by atoms with E-state index in [4.69, 9.17) is 23.8 Å². The molecule has 0 aliphatic heterocycles. The summed E-state index contributed by atoms with van der Waals surface area (Å²) in [6.07, 6.45) is 0. The number of benzene rings is 7. The number of para-hydroxylation sites is 1. The number of fused-ring (bicyclic) bond motifs is 7. The van der Waals surface area contributed by atoms with E-state index in [-0.39, 0.29) is 0 Å². The van der Waals surface area contributed by atoms with Crippen LogP contribution in [-0.2, 0) is 0 Å². The lowest BCUT2D eigenvalue weighted by Gasteiger charge is -2.09. The molecule has 7 aromatic carbocycles. The molecular formula is C43H25N3O2. The minimum atomic E-state index is 0.572. The van der Waals surface area contributed by atoms with E-state index in [1.165, 1.54) is 16.3 Å². The summed E-state index contributed by atoms with van der Waals surface area (Å²) in [7, 11) is 0. The van der Waals surface area contributed by atoms with Crippen molar-refractivity contribution in [1.82, 2.24) is 15.0 Å². The lowest BCUT2D eigenvalue weighted by Crippen LogP contribution is -2.00. The normalized spacial score (nSPS) is 11.8. The molecule has 0 unspecified atom stereocenters. The summed E-state index contributed by atoms with van der Waals surface area (Å²) < 4.78 is 12.7. The number of hydrogen-bond acceptors (Lipinski definition) is 5. The van der Waals surface area contributed by atoms with Crippen LogP contribution in [0.5, 0.6) is 0 Å². The highest BCUT2D eigenvalue weighted by atomic mass is 16.3. The molecule has 0 aliphatic carbocycles. The number of furan rings is 2. The van der Waals surface area contributed by atoms with Gasteiger partial charge in [0.25, 0.3) is 0 Å². The molecule has 0 saturated heterocycles. The van der Waals surface area contributed by atoms with Crippen molar-refractivity contribution in [3.63, 3.8) is 0 Å². The third-order valence-corrected chi connectivity index (χ3v) is 9.14. The fourth-order valence-corrected chi connectivity index (χ4v) is 6.86. The highest BCUT2D eigenvalue weighted by Crippen LogP contribution is 2.38. The van der Waals surface area contributed by atoms with E-state index in [0.29, 0.717) is 17.5 Å². The Labute approximate surface area is 274 Å². The van der Waals surface area contributed by atoms with Gasteiger partial charge in [-0.3, -0.25) is 0 Å². The van der Waals surface area contributed by atoms with Gasteiger partial charge in [0, 0.05) is 38.2 Å². The van der Waals surface area contributed by atoms with E-state index >= 15 is 0 Å². The number of rotatable bonds is 4. The van der Waals surface area contributed by atoms with Crippen molar-refractivity contribution in [3.05, 3.63) is 152 Å². The van der Waals surface area contributed by atoms with Gasteiger partial charge in [-0.1, -0.05) is 115 Å². The minimum Gasteiger partial charge on any atom is -0.456 e. The van der Waals surface area contributed by atoms with E-state index in [2.05, 4.69) is 78.9 Å². The van der Waals surface area contributed by atoms with Gasteiger partial charge in [-0.2, -0.15) is 0 Å². The van der Waals surface area contributed by atoms with Gasteiger partial charge in [0.05, 0.1) is 0 Å². The average molecular weight is 616 g/mol. The molecule has 10 aromatic rings. The minimum absolute atomic E-state index is 0.572. The van der Waals surface area contributed by atoms with Crippen LogP contribution in [0.2, 0.25) is 0 Å². The van der Waals surface area contributed by atoms with Gasteiger partial charge < -0.3 is 8.83 Å². The first-order valence-electron chi connectivity index (χ1n) is 15.9. The van der Waals surface area contributed by atoms with E-state index in [1.807, 2.05) is 72.8 Å². The van der Waals surface area contributed by atoms with E-state index in [1.54, 1.807) is 0 Å². The van der Waals surface area contributed by atoms with Crippen LogP contribution in [-0.4, -0.2) is 15.0 Å². The van der Waals surface area contributed by atoms with Crippen LogP contribution in [0.3, 0.4) is 0 Å². The molecule has 0 aliphatic rings. The predicted octanol–water partition coefficient (Wildman–Crippen LogP) is 11.5. The Balaban J connectivity index is 1.14. The molecule has 10 rings (SSSR count). The van der Waals surface area contributed by atoms with E-state index in [9.17, 15) is 0 Å². The van der Waals surface area contributed by atoms with Crippen molar-refractivity contribution < 1.29 is 8.83 Å². The van der Waals surface area contributed by atoms with Crippen LogP contribution < -0.4 is 0 Å². The van der Waals surface area contributed by atoms with Gasteiger partial charge in [-0.25, -0.2) is 15.0 Å². The maximum Gasteiger partial charge on any atom is 0.164 e. The molecular weight excluding hydrogens is 590 g/mol. The van der Waals surface area contributed by atoms with Crippen LogP contribution in [0, 0.1) is 0 Å². The van der Waals surface area contributed by atoms with Gasteiger partial charge in [-0.15, -0.1) is 0 Å². The Kier molecular flexibility index (Phi) is 5.81. The van der Waals surface area contributed by atoms with Crippen LogP contribution in [0.4, 0.5) is 0 Å². The highest BCUT2D eigenvalue weighted by Gasteiger charge is 2.18. The smallest absolute Gasteiger partial charge is 0.164 e. The van der Waals surface area contributed by atoms with Crippen molar-refractivity contribution in [3.8, 4) is 45.3 Å². The summed E-state index contributed by atoms with van der Waals surface area (Å²) in [4.78, 5) is 15.1. The molecule has 0 N–H and O–H groups in total. The predicted molar refractivity (Wildman–Crippen MR) is 194 cm³/mol. The van der Waals surface area contributed by atoms with Crippen molar-refractivity contribution in [2.24, 2.45) is 0 Å². The molecule has 0 radical (unpaired) electrons. The molecule has 224 valence electrons. The largest absolute Gasteiger partial charge is 0.456 e.